The average Bonchev–Trinajstić information content (AvgIpc) is 3.44. The summed E-state index contributed by atoms with van der Waals surface area (Å²) in [5.74, 6) is 0. The lowest BCUT2D eigenvalue weighted by Crippen LogP contribution is -2.59. The molecule has 0 bridgehead atoms. The van der Waals surface area contributed by atoms with Crippen molar-refractivity contribution in [3.8, 4) is 0 Å². The number of piperazine rings is 1. The molecule has 4 aromatic rings. The zero-order valence-electron chi connectivity index (χ0n) is 18.5. The molecule has 0 saturated carbocycles. The summed E-state index contributed by atoms with van der Waals surface area (Å²) in [5, 5.41) is 4.00. The van der Waals surface area contributed by atoms with Crippen LogP contribution >= 0.6 is 0 Å². The summed E-state index contributed by atoms with van der Waals surface area (Å²) < 4.78 is 6.18. The molecule has 3 amide bonds. The van der Waals surface area contributed by atoms with Gasteiger partial charge in [-0.3, -0.25) is 4.90 Å². The van der Waals surface area contributed by atoms with Crippen LogP contribution in [0.25, 0.3) is 10.9 Å². The van der Waals surface area contributed by atoms with E-state index in [9.17, 15) is 9.59 Å². The Kier molecular flexibility index (Phi) is 4.76. The molecule has 2 saturated heterocycles. The Bertz CT molecular complexity index is 1310. The number of H-pyrrole nitrogens is 1. The lowest BCUT2D eigenvalue weighted by Gasteiger charge is -2.42. The lowest BCUT2D eigenvalue weighted by molar-refractivity contribution is 0.0525. The fourth-order valence-electron chi connectivity index (χ4n) is 5.21. The van der Waals surface area contributed by atoms with Crippen LogP contribution in [0.15, 0.2) is 91.1 Å². The van der Waals surface area contributed by atoms with Gasteiger partial charge in [0.15, 0.2) is 5.60 Å². The van der Waals surface area contributed by atoms with Crippen LogP contribution in [-0.4, -0.2) is 52.6 Å². The van der Waals surface area contributed by atoms with Gasteiger partial charge in [-0.05, 0) is 6.07 Å². The molecule has 0 aliphatic carbocycles. The highest BCUT2D eigenvalue weighted by Gasteiger charge is 2.58. The topological polar surface area (TPSA) is 77.7 Å². The van der Waals surface area contributed by atoms with Crippen LogP contribution in [0.3, 0.4) is 0 Å². The van der Waals surface area contributed by atoms with E-state index >= 15 is 0 Å². The fraction of sp³-hybridized carbons (Fsp3) is 0.185. The van der Waals surface area contributed by atoms with Crippen molar-refractivity contribution in [3.05, 3.63) is 102 Å². The van der Waals surface area contributed by atoms with Crippen LogP contribution in [0.4, 0.5) is 15.3 Å². The van der Waals surface area contributed by atoms with Crippen LogP contribution in [0.5, 0.6) is 0 Å². The summed E-state index contributed by atoms with van der Waals surface area (Å²) in [6, 6.07) is 26.9. The molecular weight excluding hydrogens is 428 g/mol. The van der Waals surface area contributed by atoms with Gasteiger partial charge in [0.2, 0.25) is 0 Å². The molecule has 2 aliphatic heterocycles. The van der Waals surface area contributed by atoms with Gasteiger partial charge < -0.3 is 19.9 Å². The van der Waals surface area contributed by atoms with Crippen LogP contribution < -0.4 is 5.32 Å². The monoisotopic (exact) mass is 452 g/mol. The van der Waals surface area contributed by atoms with E-state index in [4.69, 9.17) is 4.74 Å². The Morgan fingerprint density at radius 1 is 0.912 bits per heavy atom. The Morgan fingerprint density at radius 3 is 2.26 bits per heavy atom. The normalized spacial score (nSPS) is 19.1. The first-order valence-electron chi connectivity index (χ1n) is 11.4. The summed E-state index contributed by atoms with van der Waals surface area (Å²) in [5.41, 5.74) is 2.48. The number of aromatic amines is 1. The number of carbonyl (C=O) groups is 2. The molecule has 0 spiro atoms. The van der Waals surface area contributed by atoms with E-state index < -0.39 is 5.60 Å². The second-order valence-corrected chi connectivity index (χ2v) is 8.67. The van der Waals surface area contributed by atoms with E-state index in [0.29, 0.717) is 19.6 Å². The number of hydrogen-bond acceptors (Lipinski definition) is 3. The van der Waals surface area contributed by atoms with E-state index in [-0.39, 0.29) is 18.2 Å². The fourth-order valence-corrected chi connectivity index (χ4v) is 5.21. The van der Waals surface area contributed by atoms with Crippen LogP contribution in [-0.2, 0) is 10.3 Å². The Balaban J connectivity index is 1.35. The zero-order chi connectivity index (χ0) is 23.1. The zero-order valence-corrected chi connectivity index (χ0v) is 18.5. The molecule has 3 heterocycles. The van der Waals surface area contributed by atoms with Gasteiger partial charge >= 0.3 is 12.1 Å². The molecule has 2 fully saturated rings. The maximum absolute atomic E-state index is 13.3. The summed E-state index contributed by atoms with van der Waals surface area (Å²) in [6.07, 6.45) is 1.45. The summed E-state index contributed by atoms with van der Waals surface area (Å²) in [7, 11) is 0. The van der Waals surface area contributed by atoms with Gasteiger partial charge in [0.05, 0.1) is 5.69 Å². The maximum Gasteiger partial charge on any atom is 0.411 e. The van der Waals surface area contributed by atoms with Gasteiger partial charge in [-0.1, -0.05) is 78.9 Å². The van der Waals surface area contributed by atoms with E-state index in [1.54, 1.807) is 16.0 Å². The SMILES string of the molecule is O=C(Nc1c[nH]c2ccccc12)N1CCN2C(=O)OC(c3ccccc3)(c3ccccc3)C2C1. The molecule has 2 aliphatic rings. The number of hydrogen-bond donors (Lipinski definition) is 2. The van der Waals surface area contributed by atoms with Gasteiger partial charge in [0, 0.05) is 47.9 Å². The third-order valence-corrected chi connectivity index (χ3v) is 6.86. The number of cyclic esters (lactones) is 1. The molecule has 2 N–H and O–H groups in total. The van der Waals surface area contributed by atoms with Crippen molar-refractivity contribution >= 4 is 28.7 Å². The quantitative estimate of drug-likeness (QED) is 0.470. The van der Waals surface area contributed by atoms with Gasteiger partial charge in [-0.15, -0.1) is 0 Å². The van der Waals surface area contributed by atoms with Crippen molar-refractivity contribution in [2.75, 3.05) is 25.0 Å². The molecule has 0 radical (unpaired) electrons. The molecule has 170 valence electrons. The van der Waals surface area contributed by atoms with Crippen molar-refractivity contribution < 1.29 is 14.3 Å². The van der Waals surface area contributed by atoms with Crippen molar-refractivity contribution in [1.29, 1.82) is 0 Å². The number of nitrogens with one attached hydrogen (secondary N) is 2. The number of fused-ring (bicyclic) bond motifs is 2. The molecule has 7 nitrogen and oxygen atoms in total. The molecule has 3 aromatic carbocycles. The highest BCUT2D eigenvalue weighted by Crippen LogP contribution is 2.45. The van der Waals surface area contributed by atoms with Crippen molar-refractivity contribution in [2.45, 2.75) is 11.6 Å². The number of nitrogens with zero attached hydrogens (tertiary/aromatic N) is 2. The molecule has 34 heavy (non-hydrogen) atoms. The van der Waals surface area contributed by atoms with Gasteiger partial charge in [-0.2, -0.15) is 0 Å². The minimum absolute atomic E-state index is 0.196. The smallest absolute Gasteiger partial charge is 0.411 e. The number of benzene rings is 3. The molecule has 7 heteroatoms. The lowest BCUT2D eigenvalue weighted by atomic mass is 9.79. The first-order chi connectivity index (χ1) is 16.7. The summed E-state index contributed by atoms with van der Waals surface area (Å²) in [4.78, 5) is 33.1. The van der Waals surface area contributed by atoms with Gasteiger partial charge in [0.1, 0.15) is 6.04 Å². The molecular formula is C27H24N4O3. The second-order valence-electron chi connectivity index (χ2n) is 8.67. The van der Waals surface area contributed by atoms with Crippen molar-refractivity contribution in [2.24, 2.45) is 0 Å². The molecule has 6 rings (SSSR count). The average molecular weight is 453 g/mol. The summed E-state index contributed by atoms with van der Waals surface area (Å²) >= 11 is 0. The number of para-hydroxylation sites is 1. The highest BCUT2D eigenvalue weighted by molar-refractivity contribution is 6.01. The highest BCUT2D eigenvalue weighted by atomic mass is 16.6. The van der Waals surface area contributed by atoms with E-state index in [1.165, 1.54) is 0 Å². The number of rotatable bonds is 3. The number of ether oxygens (including phenoxy) is 1. The van der Waals surface area contributed by atoms with Crippen molar-refractivity contribution in [3.63, 3.8) is 0 Å². The molecule has 1 unspecified atom stereocenters. The minimum atomic E-state index is -1.00. The number of urea groups is 1. The first kappa shape index (κ1) is 20.4. The number of carbonyl (C=O) groups excluding carboxylic acids is 2. The van der Waals surface area contributed by atoms with Crippen LogP contribution in [0.2, 0.25) is 0 Å². The summed E-state index contributed by atoms with van der Waals surface area (Å²) in [6.45, 7) is 1.19. The van der Waals surface area contributed by atoms with Crippen LogP contribution in [0, 0.1) is 0 Å². The Hall–Kier alpha value is -4.26. The van der Waals surface area contributed by atoms with E-state index in [2.05, 4.69) is 10.3 Å². The Morgan fingerprint density at radius 2 is 1.56 bits per heavy atom. The second kappa shape index (κ2) is 7.95. The number of amides is 3. The largest absolute Gasteiger partial charge is 0.431 e. The third-order valence-electron chi connectivity index (χ3n) is 6.86. The minimum Gasteiger partial charge on any atom is -0.431 e. The molecule has 1 aromatic heterocycles. The van der Waals surface area contributed by atoms with Crippen LogP contribution in [0.1, 0.15) is 11.1 Å². The number of anilines is 1. The third kappa shape index (κ3) is 3.12. The van der Waals surface area contributed by atoms with E-state index in [1.807, 2.05) is 84.9 Å². The molecule has 1 atom stereocenters. The van der Waals surface area contributed by atoms with Gasteiger partial charge in [-0.25, -0.2) is 9.59 Å². The first-order valence-corrected chi connectivity index (χ1v) is 11.4. The van der Waals surface area contributed by atoms with E-state index in [0.717, 1.165) is 27.7 Å². The number of aromatic nitrogens is 1. The standard InChI is InChI=1S/C27H24N4O3/c32-25(29-23-17-28-22-14-8-7-13-21(22)23)30-15-16-31-24(18-30)27(34-26(31)33,19-9-3-1-4-10-19)20-11-5-2-6-12-20/h1-14,17,24,28H,15-16,18H2,(H,29,32). The Labute approximate surface area is 196 Å². The maximum atomic E-state index is 13.3. The van der Waals surface area contributed by atoms with Crippen molar-refractivity contribution in [1.82, 2.24) is 14.8 Å². The predicted molar refractivity (Wildman–Crippen MR) is 130 cm³/mol. The van der Waals surface area contributed by atoms with Gasteiger partial charge in [0.25, 0.3) is 0 Å². The predicted octanol–water partition coefficient (Wildman–Crippen LogP) is 4.78.